The van der Waals surface area contributed by atoms with E-state index in [2.05, 4.69) is 19.9 Å². The van der Waals surface area contributed by atoms with E-state index in [4.69, 9.17) is 18.9 Å². The molecule has 0 aliphatic heterocycles. The molecule has 0 amide bonds. The van der Waals surface area contributed by atoms with Gasteiger partial charge in [0.05, 0.1) is 6.26 Å². The van der Waals surface area contributed by atoms with Crippen molar-refractivity contribution < 1.29 is 18.9 Å². The van der Waals surface area contributed by atoms with Crippen LogP contribution in [0.25, 0.3) is 0 Å². The van der Waals surface area contributed by atoms with Crippen LogP contribution in [-0.2, 0) is 18.9 Å². The smallest absolute Gasteiger partial charge is 0.187 e. The normalized spacial score (nSPS) is 11.7. The second-order valence-electron chi connectivity index (χ2n) is 8.64. The lowest BCUT2D eigenvalue weighted by Gasteiger charge is -2.19. The molecule has 0 aromatic rings. The molecule has 0 spiro atoms. The Hall–Kier alpha value is -0.580. The molecule has 0 aromatic heterocycles. The molecule has 0 saturated heterocycles. The van der Waals surface area contributed by atoms with Crippen molar-refractivity contribution in [3.05, 3.63) is 12.3 Å². The summed E-state index contributed by atoms with van der Waals surface area (Å²) >= 11 is 0. The van der Waals surface area contributed by atoms with Gasteiger partial charge in [-0.2, -0.15) is 0 Å². The minimum absolute atomic E-state index is 0.0334. The molecule has 0 bridgehead atoms. The van der Waals surface area contributed by atoms with Crippen molar-refractivity contribution in [1.29, 1.82) is 0 Å². The van der Waals surface area contributed by atoms with Gasteiger partial charge in [-0.15, -0.1) is 0 Å². The molecule has 0 aliphatic carbocycles. The molecule has 0 N–H and O–H groups in total. The quantitative estimate of drug-likeness (QED) is 0.0764. The highest BCUT2D eigenvalue weighted by Gasteiger charge is 2.09. The molecule has 0 unspecified atom stereocenters. The maximum Gasteiger partial charge on any atom is 0.187 e. The van der Waals surface area contributed by atoms with Crippen LogP contribution in [0.4, 0.5) is 0 Å². The maximum absolute atomic E-state index is 6.11. The number of hydrogen-bond donors (Lipinski definition) is 0. The first-order chi connectivity index (χ1) is 15.3. The van der Waals surface area contributed by atoms with Gasteiger partial charge < -0.3 is 18.9 Å². The highest BCUT2D eigenvalue weighted by molar-refractivity contribution is 4.72. The maximum atomic E-state index is 6.11. The van der Waals surface area contributed by atoms with Crippen molar-refractivity contribution in [2.45, 2.75) is 136 Å². The molecule has 0 heterocycles. The van der Waals surface area contributed by atoms with E-state index in [-0.39, 0.29) is 6.29 Å². The van der Waals surface area contributed by atoms with Gasteiger partial charge in [0.15, 0.2) is 13.1 Å². The molecule has 0 aromatic carbocycles. The van der Waals surface area contributed by atoms with Crippen LogP contribution >= 0.6 is 0 Å². The third-order valence-electron chi connectivity index (χ3n) is 5.54. The minimum atomic E-state index is -0.0334. The molecule has 0 rings (SSSR count). The topological polar surface area (TPSA) is 36.9 Å². The summed E-state index contributed by atoms with van der Waals surface area (Å²) in [5, 5.41) is 0. The van der Waals surface area contributed by atoms with E-state index in [1.807, 2.05) is 0 Å². The van der Waals surface area contributed by atoms with E-state index < -0.39 is 0 Å². The van der Waals surface area contributed by atoms with Gasteiger partial charge in [-0.3, -0.25) is 0 Å². The van der Waals surface area contributed by atoms with Gasteiger partial charge in [-0.25, -0.2) is 0 Å². The molecule has 31 heavy (non-hydrogen) atoms. The Bertz CT molecular complexity index is 326. The Balaban J connectivity index is 3.88. The summed E-state index contributed by atoms with van der Waals surface area (Å²) in [5.41, 5.74) is 0. The van der Waals surface area contributed by atoms with Crippen molar-refractivity contribution in [3.8, 4) is 0 Å². The van der Waals surface area contributed by atoms with Crippen molar-refractivity contribution >= 4 is 0 Å². The minimum Gasteiger partial charge on any atom is -0.476 e. The summed E-state index contributed by atoms with van der Waals surface area (Å²) in [6.07, 6.45) is 26.4. The largest absolute Gasteiger partial charge is 0.476 e. The lowest BCUT2D eigenvalue weighted by Crippen LogP contribution is -2.19. The third kappa shape index (κ3) is 25.6. The predicted octanol–water partition coefficient (Wildman–Crippen LogP) is 8.54. The number of methoxy groups -OCH3 is 1. The molecule has 0 radical (unpaired) electrons. The first-order valence-corrected chi connectivity index (χ1v) is 13.3. The highest BCUT2D eigenvalue weighted by Crippen LogP contribution is 2.13. The highest BCUT2D eigenvalue weighted by atomic mass is 16.7. The molecule has 0 atom stereocenters. The lowest BCUT2D eigenvalue weighted by atomic mass is 10.1. The lowest BCUT2D eigenvalue weighted by molar-refractivity contribution is -0.148. The van der Waals surface area contributed by atoms with E-state index in [1.165, 1.54) is 77.0 Å². The number of unbranched alkanes of at least 4 members (excludes halogenated alkanes) is 14. The van der Waals surface area contributed by atoms with E-state index in [9.17, 15) is 0 Å². The van der Waals surface area contributed by atoms with Crippen molar-refractivity contribution in [2.24, 2.45) is 0 Å². The Morgan fingerprint density at radius 2 is 1.13 bits per heavy atom. The van der Waals surface area contributed by atoms with E-state index in [0.29, 0.717) is 6.79 Å². The Kier molecular flexibility index (Phi) is 26.9. The summed E-state index contributed by atoms with van der Waals surface area (Å²) in [4.78, 5) is 0. The first-order valence-electron chi connectivity index (χ1n) is 13.3. The Labute approximate surface area is 194 Å². The van der Waals surface area contributed by atoms with Gasteiger partial charge in [0.25, 0.3) is 0 Å². The average molecular weight is 443 g/mol. The van der Waals surface area contributed by atoms with E-state index in [1.54, 1.807) is 13.4 Å². The summed E-state index contributed by atoms with van der Waals surface area (Å²) < 4.78 is 22.2. The SMILES string of the molecule is CCCCCCCCCOC(CCCCC=COCOC)OCCCCCCCCC. The second kappa shape index (κ2) is 27.5. The van der Waals surface area contributed by atoms with Crippen LogP contribution < -0.4 is 0 Å². The van der Waals surface area contributed by atoms with Gasteiger partial charge in [0.2, 0.25) is 0 Å². The van der Waals surface area contributed by atoms with Crippen LogP contribution in [0, 0.1) is 0 Å². The molecule has 0 fully saturated rings. The standard InChI is InChI=1S/C27H54O4/c1-4-6-8-10-12-15-20-24-30-27(22-18-14-17-19-23-29-26-28-3)31-25-21-16-13-11-9-7-5-2/h19,23,27H,4-18,20-22,24-26H2,1-3H3. The zero-order valence-corrected chi connectivity index (χ0v) is 21.2. The van der Waals surface area contributed by atoms with Crippen molar-refractivity contribution in [3.63, 3.8) is 0 Å². The number of hydrogen-bond acceptors (Lipinski definition) is 4. The van der Waals surface area contributed by atoms with Gasteiger partial charge in [0.1, 0.15) is 0 Å². The van der Waals surface area contributed by atoms with Gasteiger partial charge in [-0.05, 0) is 44.6 Å². The monoisotopic (exact) mass is 442 g/mol. The van der Waals surface area contributed by atoms with E-state index in [0.717, 1.165) is 51.7 Å². The van der Waals surface area contributed by atoms with Crippen LogP contribution in [0.15, 0.2) is 12.3 Å². The fraction of sp³-hybridized carbons (Fsp3) is 0.926. The van der Waals surface area contributed by atoms with E-state index >= 15 is 0 Å². The molecular weight excluding hydrogens is 388 g/mol. The van der Waals surface area contributed by atoms with Crippen LogP contribution in [0.1, 0.15) is 129 Å². The molecular formula is C27H54O4. The second-order valence-corrected chi connectivity index (χ2v) is 8.64. The molecule has 186 valence electrons. The zero-order valence-electron chi connectivity index (χ0n) is 21.2. The predicted molar refractivity (Wildman–Crippen MR) is 132 cm³/mol. The van der Waals surface area contributed by atoms with Crippen molar-refractivity contribution in [1.82, 2.24) is 0 Å². The average Bonchev–Trinajstić information content (AvgIpc) is 2.78. The third-order valence-corrected chi connectivity index (χ3v) is 5.54. The molecule has 0 aliphatic rings. The number of allylic oxidation sites excluding steroid dienone is 1. The van der Waals surface area contributed by atoms with Crippen LogP contribution in [-0.4, -0.2) is 33.4 Å². The van der Waals surface area contributed by atoms with Crippen LogP contribution in [0.5, 0.6) is 0 Å². The fourth-order valence-electron chi connectivity index (χ4n) is 3.58. The molecule has 4 nitrogen and oxygen atoms in total. The van der Waals surface area contributed by atoms with Crippen LogP contribution in [0.3, 0.4) is 0 Å². The Morgan fingerprint density at radius 1 is 0.613 bits per heavy atom. The Morgan fingerprint density at radius 3 is 1.65 bits per heavy atom. The van der Waals surface area contributed by atoms with Crippen LogP contribution in [0.2, 0.25) is 0 Å². The van der Waals surface area contributed by atoms with Gasteiger partial charge >= 0.3 is 0 Å². The number of rotatable bonds is 26. The fourth-order valence-corrected chi connectivity index (χ4v) is 3.58. The zero-order chi connectivity index (χ0) is 22.7. The summed E-state index contributed by atoms with van der Waals surface area (Å²) in [6, 6.07) is 0. The summed E-state index contributed by atoms with van der Waals surface area (Å²) in [5.74, 6) is 0. The molecule has 4 heteroatoms. The number of ether oxygens (including phenoxy) is 4. The summed E-state index contributed by atoms with van der Waals surface area (Å²) in [7, 11) is 1.63. The first kappa shape index (κ1) is 30.4. The van der Waals surface area contributed by atoms with Gasteiger partial charge in [-0.1, -0.05) is 90.9 Å². The van der Waals surface area contributed by atoms with Crippen molar-refractivity contribution in [2.75, 3.05) is 27.1 Å². The summed E-state index contributed by atoms with van der Waals surface area (Å²) in [6.45, 7) is 6.52. The van der Waals surface area contributed by atoms with Gasteiger partial charge in [0, 0.05) is 20.3 Å². The molecule has 0 saturated carbocycles.